The lowest BCUT2D eigenvalue weighted by Crippen LogP contribution is -2.29. The van der Waals surface area contributed by atoms with E-state index in [4.69, 9.17) is 0 Å². The Morgan fingerprint density at radius 1 is 1.33 bits per heavy atom. The van der Waals surface area contributed by atoms with Crippen molar-refractivity contribution in [3.05, 3.63) is 51.6 Å². The van der Waals surface area contributed by atoms with Crippen molar-refractivity contribution >= 4 is 44.9 Å². The van der Waals surface area contributed by atoms with Gasteiger partial charge in [-0.25, -0.2) is 4.98 Å². The van der Waals surface area contributed by atoms with Crippen molar-refractivity contribution in [3.63, 3.8) is 0 Å². The largest absolute Gasteiger partial charge is 0.315 e. The van der Waals surface area contributed by atoms with Gasteiger partial charge in [-0.2, -0.15) is 0 Å². The van der Waals surface area contributed by atoms with Crippen molar-refractivity contribution in [3.8, 4) is 0 Å². The molecule has 0 saturated heterocycles. The van der Waals surface area contributed by atoms with Crippen LogP contribution in [0.4, 0.5) is 5.69 Å². The summed E-state index contributed by atoms with van der Waals surface area (Å²) in [5.74, 6) is 0.214. The van der Waals surface area contributed by atoms with E-state index < -0.39 is 0 Å². The summed E-state index contributed by atoms with van der Waals surface area (Å²) in [7, 11) is 1.78. The Bertz CT molecular complexity index is 1010. The molecule has 2 aromatic heterocycles. The van der Waals surface area contributed by atoms with Gasteiger partial charge in [-0.3, -0.25) is 14.2 Å². The van der Waals surface area contributed by atoms with Crippen LogP contribution in [0.25, 0.3) is 10.2 Å². The average Bonchev–Trinajstić information content (AvgIpc) is 3.13. The second kappa shape index (κ2) is 8.71. The minimum absolute atomic E-state index is 0.00885. The fourth-order valence-electron chi connectivity index (χ4n) is 2.75. The molecule has 0 radical (unpaired) electrons. The van der Waals surface area contributed by atoms with E-state index >= 15 is 0 Å². The quantitative estimate of drug-likeness (QED) is 0.437. The number of unbranched alkanes of at least 4 members (excludes halogenated alkanes) is 1. The number of thiophene rings is 1. The number of carbonyl (C=O) groups is 1. The standard InChI is InChI=1S/C20H23N3O2S2/c1-4-5-10-23-19(25)18-16(9-11-26-18)21-20(23)27-13-17(24)22(3)15-8-6-7-14(2)12-15/h6-9,11-12H,4-5,10,13H2,1-3H3. The van der Waals surface area contributed by atoms with Crippen molar-refractivity contribution in [2.45, 2.75) is 38.4 Å². The van der Waals surface area contributed by atoms with E-state index in [0.717, 1.165) is 24.1 Å². The zero-order valence-corrected chi connectivity index (χ0v) is 17.4. The van der Waals surface area contributed by atoms with Gasteiger partial charge < -0.3 is 4.90 Å². The van der Waals surface area contributed by atoms with Crippen molar-refractivity contribution in [2.75, 3.05) is 17.7 Å². The minimum atomic E-state index is -0.0210. The number of carbonyl (C=O) groups excluding carboxylic acids is 1. The summed E-state index contributed by atoms with van der Waals surface area (Å²) in [5.41, 5.74) is 2.67. The highest BCUT2D eigenvalue weighted by Crippen LogP contribution is 2.22. The van der Waals surface area contributed by atoms with Gasteiger partial charge in [-0.15, -0.1) is 11.3 Å². The Morgan fingerprint density at radius 3 is 2.89 bits per heavy atom. The summed E-state index contributed by atoms with van der Waals surface area (Å²) in [6.07, 6.45) is 1.90. The second-order valence-corrected chi connectivity index (χ2v) is 8.28. The predicted molar refractivity (Wildman–Crippen MR) is 114 cm³/mol. The molecule has 1 amide bonds. The lowest BCUT2D eigenvalue weighted by atomic mass is 10.2. The number of rotatable bonds is 7. The van der Waals surface area contributed by atoms with Gasteiger partial charge in [0, 0.05) is 19.3 Å². The van der Waals surface area contributed by atoms with Crippen molar-refractivity contribution in [2.24, 2.45) is 0 Å². The molecule has 142 valence electrons. The van der Waals surface area contributed by atoms with Gasteiger partial charge in [0.2, 0.25) is 5.91 Å². The van der Waals surface area contributed by atoms with Crippen LogP contribution in [0.5, 0.6) is 0 Å². The van der Waals surface area contributed by atoms with E-state index in [1.165, 1.54) is 23.1 Å². The number of hydrogen-bond donors (Lipinski definition) is 0. The maximum absolute atomic E-state index is 12.8. The first kappa shape index (κ1) is 19.6. The Kier molecular flexibility index (Phi) is 6.34. The molecule has 0 spiro atoms. The maximum Gasteiger partial charge on any atom is 0.272 e. The van der Waals surface area contributed by atoms with E-state index in [-0.39, 0.29) is 17.2 Å². The van der Waals surface area contributed by atoms with Gasteiger partial charge in [0.1, 0.15) is 4.70 Å². The molecule has 0 N–H and O–H groups in total. The summed E-state index contributed by atoms with van der Waals surface area (Å²) in [6.45, 7) is 4.72. The number of fused-ring (bicyclic) bond motifs is 1. The zero-order chi connectivity index (χ0) is 19.4. The van der Waals surface area contributed by atoms with Gasteiger partial charge in [-0.1, -0.05) is 37.2 Å². The van der Waals surface area contributed by atoms with Crippen LogP contribution in [0.2, 0.25) is 0 Å². The minimum Gasteiger partial charge on any atom is -0.315 e. The molecule has 0 unspecified atom stereocenters. The molecule has 3 aromatic rings. The number of aromatic nitrogens is 2. The predicted octanol–water partition coefficient (Wildman–Crippen LogP) is 4.32. The van der Waals surface area contributed by atoms with Gasteiger partial charge in [-0.05, 0) is 42.5 Å². The maximum atomic E-state index is 12.8. The lowest BCUT2D eigenvalue weighted by molar-refractivity contribution is -0.115. The Hall–Kier alpha value is -2.12. The van der Waals surface area contributed by atoms with E-state index in [1.807, 2.05) is 42.6 Å². The molecule has 0 saturated carbocycles. The topological polar surface area (TPSA) is 55.2 Å². The van der Waals surface area contributed by atoms with Gasteiger partial charge in [0.05, 0.1) is 11.3 Å². The van der Waals surface area contributed by atoms with E-state index in [2.05, 4.69) is 11.9 Å². The van der Waals surface area contributed by atoms with Crippen LogP contribution in [-0.2, 0) is 11.3 Å². The Labute approximate surface area is 167 Å². The first-order chi connectivity index (χ1) is 13.0. The molecule has 7 heteroatoms. The van der Waals surface area contributed by atoms with Crippen molar-refractivity contribution in [1.29, 1.82) is 0 Å². The fraction of sp³-hybridized carbons (Fsp3) is 0.350. The SMILES string of the molecule is CCCCn1c(SCC(=O)N(C)c2cccc(C)c2)nc2ccsc2c1=O. The van der Waals surface area contributed by atoms with Gasteiger partial charge in [0.25, 0.3) is 5.56 Å². The van der Waals surface area contributed by atoms with E-state index in [0.29, 0.717) is 21.9 Å². The lowest BCUT2D eigenvalue weighted by Gasteiger charge is -2.18. The van der Waals surface area contributed by atoms with Gasteiger partial charge in [0.15, 0.2) is 5.16 Å². The van der Waals surface area contributed by atoms with Crippen molar-refractivity contribution in [1.82, 2.24) is 9.55 Å². The van der Waals surface area contributed by atoms with Crippen LogP contribution in [0.3, 0.4) is 0 Å². The van der Waals surface area contributed by atoms with Crippen LogP contribution in [0.1, 0.15) is 25.3 Å². The molecule has 0 aliphatic heterocycles. The average molecular weight is 402 g/mol. The molecule has 0 aliphatic carbocycles. The number of hydrogen-bond acceptors (Lipinski definition) is 5. The summed E-state index contributed by atoms with van der Waals surface area (Å²) in [6, 6.07) is 9.70. The molecule has 5 nitrogen and oxygen atoms in total. The third-order valence-electron chi connectivity index (χ3n) is 4.35. The molecule has 0 bridgehead atoms. The normalized spacial score (nSPS) is 11.1. The number of amides is 1. The molecular formula is C20H23N3O2S2. The molecule has 27 heavy (non-hydrogen) atoms. The molecule has 0 aliphatic rings. The fourth-order valence-corrected chi connectivity index (χ4v) is 4.47. The first-order valence-corrected chi connectivity index (χ1v) is 10.8. The molecule has 0 fully saturated rings. The number of aryl methyl sites for hydroxylation is 1. The van der Waals surface area contributed by atoms with E-state index in [1.54, 1.807) is 16.5 Å². The highest BCUT2D eigenvalue weighted by molar-refractivity contribution is 7.99. The second-order valence-electron chi connectivity index (χ2n) is 6.42. The smallest absolute Gasteiger partial charge is 0.272 e. The molecule has 1 aromatic carbocycles. The summed E-state index contributed by atoms with van der Waals surface area (Å²) >= 11 is 2.75. The molecule has 2 heterocycles. The summed E-state index contributed by atoms with van der Waals surface area (Å²) < 4.78 is 2.39. The third-order valence-corrected chi connectivity index (χ3v) is 6.21. The molecular weight excluding hydrogens is 378 g/mol. The Morgan fingerprint density at radius 2 is 2.15 bits per heavy atom. The highest BCUT2D eigenvalue weighted by Gasteiger charge is 2.16. The zero-order valence-electron chi connectivity index (χ0n) is 15.8. The van der Waals surface area contributed by atoms with Crippen LogP contribution < -0.4 is 10.5 Å². The van der Waals surface area contributed by atoms with Crippen molar-refractivity contribution < 1.29 is 4.79 Å². The summed E-state index contributed by atoms with van der Waals surface area (Å²) in [4.78, 5) is 31.7. The summed E-state index contributed by atoms with van der Waals surface area (Å²) in [5, 5.41) is 2.50. The third kappa shape index (κ3) is 4.42. The van der Waals surface area contributed by atoms with Crippen LogP contribution in [0.15, 0.2) is 45.7 Å². The van der Waals surface area contributed by atoms with Gasteiger partial charge >= 0.3 is 0 Å². The van der Waals surface area contributed by atoms with Crippen LogP contribution in [-0.4, -0.2) is 28.3 Å². The number of nitrogens with zero attached hydrogens (tertiary/aromatic N) is 3. The molecule has 3 rings (SSSR count). The van der Waals surface area contributed by atoms with Crippen LogP contribution in [0, 0.1) is 6.92 Å². The van der Waals surface area contributed by atoms with Crippen LogP contribution >= 0.6 is 23.1 Å². The number of anilines is 1. The monoisotopic (exact) mass is 401 g/mol. The highest BCUT2D eigenvalue weighted by atomic mass is 32.2. The molecule has 0 atom stereocenters. The number of thioether (sulfide) groups is 1. The van der Waals surface area contributed by atoms with E-state index in [9.17, 15) is 9.59 Å². The number of benzene rings is 1. The Balaban J connectivity index is 1.81. The first-order valence-electron chi connectivity index (χ1n) is 8.95.